The molecule has 0 aromatic heterocycles. The van der Waals surface area contributed by atoms with Gasteiger partial charge in [0.25, 0.3) is 0 Å². The molecule has 0 radical (unpaired) electrons. The highest BCUT2D eigenvalue weighted by Gasteiger charge is 2.39. The molecule has 0 unspecified atom stereocenters. The van der Waals surface area contributed by atoms with Crippen LogP contribution < -0.4 is 48.7 Å². The van der Waals surface area contributed by atoms with Crippen LogP contribution in [0.1, 0.15) is 92.9 Å². The summed E-state index contributed by atoms with van der Waals surface area (Å²) in [7, 11) is 0. The van der Waals surface area contributed by atoms with Crippen LogP contribution in [0.3, 0.4) is 0 Å². The fourth-order valence-electron chi connectivity index (χ4n) is 6.70. The highest BCUT2D eigenvalue weighted by atomic mass is 32.1. The molecule has 1 saturated heterocycles. The summed E-state index contributed by atoms with van der Waals surface area (Å²) in [6, 6.07) is -10.9. The van der Waals surface area contributed by atoms with Crippen LogP contribution in [0.5, 0.6) is 0 Å². The molecule has 9 atom stereocenters. The van der Waals surface area contributed by atoms with Crippen LogP contribution in [-0.2, 0) is 52.7 Å². The maximum atomic E-state index is 14.0. The lowest BCUT2D eigenvalue weighted by atomic mass is 9.96. The van der Waals surface area contributed by atoms with Crippen LogP contribution in [0, 0.1) is 17.8 Å². The number of carbonyl (C=O) groups excluding carboxylic acids is 9. The number of nitrogens with zero attached hydrogens (tertiary/aromatic N) is 1. The number of hydrogen-bond acceptors (Lipinski definition) is 14. The van der Waals surface area contributed by atoms with Crippen LogP contribution >= 0.6 is 12.6 Å². The Kier molecular flexibility index (Phi) is 25.1. The number of thiol groups is 1. The fourth-order valence-corrected chi connectivity index (χ4v) is 6.94. The van der Waals surface area contributed by atoms with Crippen LogP contribution in [0.25, 0.3) is 0 Å². The van der Waals surface area contributed by atoms with Crippen LogP contribution in [0.2, 0.25) is 0 Å². The van der Waals surface area contributed by atoms with Crippen molar-refractivity contribution >= 4 is 77.7 Å². The van der Waals surface area contributed by atoms with E-state index in [1.807, 2.05) is 0 Å². The van der Waals surface area contributed by atoms with Gasteiger partial charge in [0.2, 0.25) is 53.2 Å². The van der Waals surface area contributed by atoms with E-state index in [4.69, 9.17) is 11.5 Å². The molecular formula is C40H68N10O14S. The normalized spacial score (nSPS) is 17.2. The van der Waals surface area contributed by atoms with Crippen molar-refractivity contribution in [3.05, 3.63) is 0 Å². The van der Waals surface area contributed by atoms with Gasteiger partial charge in [-0.05, 0) is 49.9 Å². The van der Waals surface area contributed by atoms with E-state index in [0.717, 1.165) is 0 Å². The standard InChI is InChI=1S/C40H68N10O14S/c1-7-21(6)32(49-34(57)23(10-11-31(54)55)45-36(59)26(17-51)47-33(56)22(41)15-29(42)52)38(61)46-24(13-19(2)3)35(58)48-27(18-65)39(62)50-12-8-9-28(50)37(60)43-16-30(53)44-25(40(63)64)14-20(4)5/h19-28,32,51,65H,7-18,41H2,1-6H3,(H2,42,52)(H,43,60)(H,44,53)(H,45,59)(H,46,61)(H,47,56)(H,48,58)(H,49,57)(H,54,55)(H,63,64)/t21-,22-,23-,24-,25-,26-,27-,28-,32-/m0/s1. The molecule has 25 heteroatoms. The predicted octanol–water partition coefficient (Wildman–Crippen LogP) is -3.79. The average molecular weight is 945 g/mol. The summed E-state index contributed by atoms with van der Waals surface area (Å²) in [6.45, 7) is 9.05. The second-order valence-corrected chi connectivity index (χ2v) is 17.2. The summed E-state index contributed by atoms with van der Waals surface area (Å²) in [4.78, 5) is 142. The van der Waals surface area contributed by atoms with E-state index in [9.17, 15) is 68.1 Å². The number of aliphatic hydroxyl groups is 1. The lowest BCUT2D eigenvalue weighted by molar-refractivity contribution is -0.143. The highest BCUT2D eigenvalue weighted by Crippen LogP contribution is 2.20. The van der Waals surface area contributed by atoms with Gasteiger partial charge < -0.3 is 68.9 Å². The number of nitrogens with two attached hydrogens (primary N) is 2. The average Bonchev–Trinajstić information content (AvgIpc) is 3.72. The smallest absolute Gasteiger partial charge is 0.326 e. The Morgan fingerprint density at radius 2 is 1.26 bits per heavy atom. The molecule has 14 N–H and O–H groups in total. The van der Waals surface area contributed by atoms with Crippen LogP contribution in [0.4, 0.5) is 0 Å². The predicted molar refractivity (Wildman–Crippen MR) is 235 cm³/mol. The number of likely N-dealkylation sites (tertiary alicyclic amines) is 1. The molecule has 0 saturated carbocycles. The summed E-state index contributed by atoms with van der Waals surface area (Å²) in [5.74, 6) is -11.4. The first-order valence-electron chi connectivity index (χ1n) is 21.5. The van der Waals surface area contributed by atoms with Crippen molar-refractivity contribution in [3.63, 3.8) is 0 Å². The zero-order valence-electron chi connectivity index (χ0n) is 37.7. The van der Waals surface area contributed by atoms with Crippen molar-refractivity contribution in [2.24, 2.45) is 29.2 Å². The quantitative estimate of drug-likeness (QED) is 0.0320. The minimum Gasteiger partial charge on any atom is -0.481 e. The van der Waals surface area contributed by atoms with E-state index in [-0.39, 0.29) is 43.4 Å². The van der Waals surface area contributed by atoms with Gasteiger partial charge in [0, 0.05) is 18.7 Å². The Bertz CT molecular complexity index is 1720. The molecule has 1 rings (SSSR count). The molecule has 0 aromatic carbocycles. The van der Waals surface area contributed by atoms with E-state index < -0.39 is 152 Å². The third-order valence-corrected chi connectivity index (χ3v) is 10.8. The molecule has 368 valence electrons. The number of aliphatic hydroxyl groups excluding tert-OH is 1. The maximum Gasteiger partial charge on any atom is 0.326 e. The molecule has 1 aliphatic heterocycles. The number of amides is 9. The maximum absolute atomic E-state index is 14.0. The van der Waals surface area contributed by atoms with E-state index in [2.05, 4.69) is 49.8 Å². The number of nitrogens with one attached hydrogen (secondary N) is 7. The molecule has 0 aliphatic carbocycles. The molecule has 1 fully saturated rings. The molecular weight excluding hydrogens is 877 g/mol. The van der Waals surface area contributed by atoms with E-state index in [0.29, 0.717) is 12.8 Å². The Labute approximate surface area is 383 Å². The molecule has 1 heterocycles. The number of carbonyl (C=O) groups is 11. The molecule has 0 bridgehead atoms. The third-order valence-electron chi connectivity index (χ3n) is 10.4. The monoisotopic (exact) mass is 944 g/mol. The molecule has 0 aromatic rings. The van der Waals surface area contributed by atoms with Gasteiger partial charge in [-0.15, -0.1) is 0 Å². The van der Waals surface area contributed by atoms with E-state index in [1.165, 1.54) is 4.90 Å². The molecule has 24 nitrogen and oxygen atoms in total. The second-order valence-electron chi connectivity index (χ2n) is 16.8. The first-order valence-corrected chi connectivity index (χ1v) is 22.1. The number of rotatable bonds is 29. The Hall–Kier alpha value is -5.56. The Balaban J connectivity index is 3.21. The van der Waals surface area contributed by atoms with E-state index >= 15 is 0 Å². The van der Waals surface area contributed by atoms with Gasteiger partial charge in [0.05, 0.1) is 25.6 Å². The fraction of sp³-hybridized carbons (Fsp3) is 0.725. The van der Waals surface area contributed by atoms with Gasteiger partial charge in [0.1, 0.15) is 42.3 Å². The summed E-state index contributed by atoms with van der Waals surface area (Å²) in [5, 5.41) is 45.6. The number of carboxylic acids is 2. The summed E-state index contributed by atoms with van der Waals surface area (Å²) < 4.78 is 0. The first kappa shape index (κ1) is 57.5. The largest absolute Gasteiger partial charge is 0.481 e. The summed E-state index contributed by atoms with van der Waals surface area (Å²) in [6.07, 6.45) is -0.521. The van der Waals surface area contributed by atoms with Gasteiger partial charge >= 0.3 is 11.9 Å². The highest BCUT2D eigenvalue weighted by molar-refractivity contribution is 7.80. The minimum atomic E-state index is -1.69. The van der Waals surface area contributed by atoms with Gasteiger partial charge in [0.15, 0.2) is 0 Å². The van der Waals surface area contributed by atoms with Crippen molar-refractivity contribution in [1.29, 1.82) is 0 Å². The summed E-state index contributed by atoms with van der Waals surface area (Å²) >= 11 is 4.27. The molecule has 1 aliphatic rings. The lowest BCUT2D eigenvalue weighted by Crippen LogP contribution is -2.61. The van der Waals surface area contributed by atoms with Gasteiger partial charge in [-0.25, -0.2) is 4.79 Å². The number of aliphatic carboxylic acids is 2. The van der Waals surface area contributed by atoms with Gasteiger partial charge in [-0.1, -0.05) is 48.0 Å². The lowest BCUT2D eigenvalue weighted by Gasteiger charge is -2.31. The number of primary amides is 1. The molecule has 65 heavy (non-hydrogen) atoms. The van der Waals surface area contributed by atoms with E-state index in [1.54, 1.807) is 41.5 Å². The number of hydrogen-bond donors (Lipinski definition) is 13. The van der Waals surface area contributed by atoms with Crippen molar-refractivity contribution < 1.29 is 68.1 Å². The van der Waals surface area contributed by atoms with Crippen molar-refractivity contribution in [2.45, 2.75) is 141 Å². The van der Waals surface area contributed by atoms with Crippen LogP contribution in [0.15, 0.2) is 0 Å². The van der Waals surface area contributed by atoms with Crippen molar-refractivity contribution in [2.75, 3.05) is 25.4 Å². The summed E-state index contributed by atoms with van der Waals surface area (Å²) in [5.41, 5.74) is 10.7. The SMILES string of the molecule is CC[C@H](C)[C@H](NC(=O)[C@H](CCC(=O)O)NC(=O)[C@H](CO)NC(=O)[C@@H](N)CC(N)=O)C(=O)N[C@@H](CC(C)C)C(=O)N[C@@H](CS)C(=O)N1CCC[C@H]1C(=O)NCC(=O)N[C@@H](CC(C)C)C(=O)O. The number of carboxylic acid groups (broad SMARTS) is 2. The van der Waals surface area contributed by atoms with Crippen molar-refractivity contribution in [3.8, 4) is 0 Å². The first-order chi connectivity index (χ1) is 30.4. The zero-order chi connectivity index (χ0) is 49.7. The zero-order valence-corrected chi connectivity index (χ0v) is 38.6. The minimum absolute atomic E-state index is 0.0304. The Morgan fingerprint density at radius 3 is 1.78 bits per heavy atom. The second kappa shape index (κ2) is 28.4. The van der Waals surface area contributed by atoms with Crippen molar-refractivity contribution in [1.82, 2.24) is 42.1 Å². The topological polar surface area (TPSA) is 388 Å². The van der Waals surface area contributed by atoms with Crippen LogP contribution in [-0.4, -0.2) is 159 Å². The van der Waals surface area contributed by atoms with Gasteiger partial charge in [-0.3, -0.25) is 47.9 Å². The third kappa shape index (κ3) is 20.0. The molecule has 0 spiro atoms. The Morgan fingerprint density at radius 1 is 0.723 bits per heavy atom. The molecule has 9 amide bonds. The van der Waals surface area contributed by atoms with Gasteiger partial charge in [-0.2, -0.15) is 12.6 Å².